The molecule has 0 heterocycles. The van der Waals surface area contributed by atoms with E-state index < -0.39 is 0 Å². The molecule has 5 heteroatoms. The van der Waals surface area contributed by atoms with Crippen molar-refractivity contribution < 1.29 is 14.3 Å². The molecule has 1 amide bonds. The number of amides is 1. The highest BCUT2D eigenvalue weighted by atomic mass is 35.5. The fourth-order valence-corrected chi connectivity index (χ4v) is 2.24. The predicted molar refractivity (Wildman–Crippen MR) is 76.3 cm³/mol. The Morgan fingerprint density at radius 2 is 2.20 bits per heavy atom. The van der Waals surface area contributed by atoms with E-state index in [2.05, 4.69) is 5.32 Å². The lowest BCUT2D eigenvalue weighted by molar-refractivity contribution is -0.155. The van der Waals surface area contributed by atoms with Crippen LogP contribution in [0.2, 0.25) is 5.02 Å². The molecule has 4 nitrogen and oxygen atoms in total. The molecule has 0 aliphatic heterocycles. The lowest BCUT2D eigenvalue weighted by Crippen LogP contribution is -2.33. The van der Waals surface area contributed by atoms with Crippen LogP contribution in [0.4, 0.5) is 0 Å². The lowest BCUT2D eigenvalue weighted by Gasteiger charge is -2.23. The van der Waals surface area contributed by atoms with Crippen molar-refractivity contribution in [1.29, 1.82) is 0 Å². The Hall–Kier alpha value is -1.55. The van der Waals surface area contributed by atoms with Gasteiger partial charge in [0.25, 0.3) is 5.91 Å². The third-order valence-corrected chi connectivity index (χ3v) is 3.75. The van der Waals surface area contributed by atoms with Crippen molar-refractivity contribution in [3.05, 3.63) is 34.9 Å². The highest BCUT2D eigenvalue weighted by molar-refractivity contribution is 6.30. The number of esters is 1. The van der Waals surface area contributed by atoms with E-state index in [1.54, 1.807) is 12.1 Å². The molecule has 0 aromatic heterocycles. The van der Waals surface area contributed by atoms with E-state index in [1.165, 1.54) is 0 Å². The van der Waals surface area contributed by atoms with Crippen molar-refractivity contribution in [3.8, 4) is 0 Å². The number of halogens is 1. The minimum Gasteiger partial charge on any atom is -0.455 e. The number of carbonyl (C=O) groups excluding carboxylic acids is 2. The van der Waals surface area contributed by atoms with Crippen molar-refractivity contribution in [2.75, 3.05) is 6.61 Å². The highest BCUT2D eigenvalue weighted by Crippen LogP contribution is 2.27. The van der Waals surface area contributed by atoms with Crippen molar-refractivity contribution in [1.82, 2.24) is 5.32 Å². The van der Waals surface area contributed by atoms with E-state index in [0.717, 1.165) is 24.8 Å². The molecule has 1 aliphatic rings. The molecule has 2 rings (SSSR count). The van der Waals surface area contributed by atoms with Crippen LogP contribution >= 0.6 is 11.6 Å². The second-order valence-electron chi connectivity index (χ2n) is 5.08. The zero-order valence-corrected chi connectivity index (χ0v) is 12.2. The minimum atomic E-state index is -0.301. The van der Waals surface area contributed by atoms with Crippen molar-refractivity contribution in [2.24, 2.45) is 5.92 Å². The van der Waals surface area contributed by atoms with Gasteiger partial charge in [0.15, 0.2) is 6.61 Å². The minimum absolute atomic E-state index is 0.00634. The van der Waals surface area contributed by atoms with Crippen LogP contribution < -0.4 is 5.32 Å². The van der Waals surface area contributed by atoms with Gasteiger partial charge < -0.3 is 10.1 Å². The smallest absolute Gasteiger partial charge is 0.309 e. The highest BCUT2D eigenvalue weighted by Gasteiger charge is 2.27. The Kier molecular flexibility index (Phi) is 5.01. The number of hydrogen-bond donors (Lipinski definition) is 1. The summed E-state index contributed by atoms with van der Waals surface area (Å²) in [7, 11) is 0. The van der Waals surface area contributed by atoms with Gasteiger partial charge in [-0.25, -0.2) is 0 Å². The quantitative estimate of drug-likeness (QED) is 0.850. The second kappa shape index (κ2) is 6.75. The SMILES string of the molecule is C[C@H](NC(=O)COC(=O)C1CCC1)c1cccc(Cl)c1. The summed E-state index contributed by atoms with van der Waals surface area (Å²) in [5.74, 6) is -0.569. The summed E-state index contributed by atoms with van der Waals surface area (Å²) in [4.78, 5) is 23.2. The maximum atomic E-state index is 11.7. The molecule has 1 aliphatic carbocycles. The predicted octanol–water partition coefficient (Wildman–Crippen LogP) is 2.86. The normalized spacial score (nSPS) is 16.1. The van der Waals surface area contributed by atoms with Gasteiger partial charge in [-0.15, -0.1) is 0 Å². The van der Waals surface area contributed by atoms with Gasteiger partial charge in [-0.1, -0.05) is 30.2 Å². The summed E-state index contributed by atoms with van der Waals surface area (Å²) in [5, 5.41) is 3.40. The molecule has 1 aromatic rings. The van der Waals surface area contributed by atoms with Gasteiger partial charge in [0, 0.05) is 5.02 Å². The van der Waals surface area contributed by atoms with Crippen LogP contribution in [-0.2, 0) is 14.3 Å². The molecule has 0 radical (unpaired) electrons. The first-order valence-electron chi connectivity index (χ1n) is 6.77. The maximum absolute atomic E-state index is 11.7. The summed E-state index contributed by atoms with van der Waals surface area (Å²) in [6, 6.07) is 7.12. The van der Waals surface area contributed by atoms with Crippen LogP contribution in [0.1, 0.15) is 37.8 Å². The third kappa shape index (κ3) is 3.97. The van der Waals surface area contributed by atoms with Gasteiger partial charge >= 0.3 is 5.97 Å². The monoisotopic (exact) mass is 295 g/mol. The van der Waals surface area contributed by atoms with Crippen LogP contribution in [0, 0.1) is 5.92 Å². The number of ether oxygens (including phenoxy) is 1. The number of benzene rings is 1. The summed E-state index contributed by atoms with van der Waals surface area (Å²) >= 11 is 5.90. The molecule has 20 heavy (non-hydrogen) atoms. The average Bonchev–Trinajstić information content (AvgIpc) is 2.34. The number of nitrogens with one attached hydrogen (secondary N) is 1. The Morgan fingerprint density at radius 3 is 2.80 bits per heavy atom. The van der Waals surface area contributed by atoms with Crippen LogP contribution in [0.25, 0.3) is 0 Å². The molecule has 0 saturated heterocycles. The summed E-state index contributed by atoms with van der Waals surface area (Å²) in [6.45, 7) is 1.64. The van der Waals surface area contributed by atoms with Crippen LogP contribution in [0.3, 0.4) is 0 Å². The van der Waals surface area contributed by atoms with Gasteiger partial charge in [0.05, 0.1) is 12.0 Å². The molecule has 108 valence electrons. The molecule has 1 aromatic carbocycles. The first kappa shape index (κ1) is 14.9. The topological polar surface area (TPSA) is 55.4 Å². The fourth-order valence-electron chi connectivity index (χ4n) is 2.04. The lowest BCUT2D eigenvalue weighted by atomic mass is 9.86. The Labute approximate surface area is 123 Å². The number of rotatable bonds is 5. The van der Waals surface area contributed by atoms with Gasteiger partial charge in [0.1, 0.15) is 0 Å². The van der Waals surface area contributed by atoms with E-state index in [-0.39, 0.29) is 30.4 Å². The third-order valence-electron chi connectivity index (χ3n) is 3.51. The molecule has 1 N–H and O–H groups in total. The molecule has 0 spiro atoms. The van der Waals surface area contributed by atoms with Crippen LogP contribution in [0.15, 0.2) is 24.3 Å². The van der Waals surface area contributed by atoms with Crippen LogP contribution in [-0.4, -0.2) is 18.5 Å². The average molecular weight is 296 g/mol. The number of carbonyl (C=O) groups is 2. The van der Waals surface area contributed by atoms with Crippen molar-refractivity contribution in [2.45, 2.75) is 32.2 Å². The Balaban J connectivity index is 1.77. The van der Waals surface area contributed by atoms with E-state index in [1.807, 2.05) is 19.1 Å². The fraction of sp³-hybridized carbons (Fsp3) is 0.467. The molecule has 1 atom stereocenters. The summed E-state index contributed by atoms with van der Waals surface area (Å²) < 4.78 is 4.99. The number of hydrogen-bond acceptors (Lipinski definition) is 3. The van der Waals surface area contributed by atoms with Gasteiger partial charge in [0.2, 0.25) is 0 Å². The zero-order valence-electron chi connectivity index (χ0n) is 11.4. The Morgan fingerprint density at radius 1 is 1.45 bits per heavy atom. The van der Waals surface area contributed by atoms with Gasteiger partial charge in [-0.3, -0.25) is 9.59 Å². The second-order valence-corrected chi connectivity index (χ2v) is 5.52. The first-order chi connectivity index (χ1) is 9.56. The molecule has 0 unspecified atom stereocenters. The van der Waals surface area contributed by atoms with E-state index in [0.29, 0.717) is 5.02 Å². The van der Waals surface area contributed by atoms with Gasteiger partial charge in [-0.05, 0) is 37.5 Å². The van der Waals surface area contributed by atoms with Crippen LogP contribution in [0.5, 0.6) is 0 Å². The molecular formula is C15H18ClNO3. The van der Waals surface area contributed by atoms with E-state index in [4.69, 9.17) is 16.3 Å². The molecule has 1 fully saturated rings. The first-order valence-corrected chi connectivity index (χ1v) is 7.15. The van der Waals surface area contributed by atoms with E-state index in [9.17, 15) is 9.59 Å². The molecular weight excluding hydrogens is 278 g/mol. The molecule has 1 saturated carbocycles. The van der Waals surface area contributed by atoms with E-state index >= 15 is 0 Å². The summed E-state index contributed by atoms with van der Waals surface area (Å²) in [6.07, 6.45) is 2.82. The maximum Gasteiger partial charge on any atom is 0.309 e. The molecule has 0 bridgehead atoms. The largest absolute Gasteiger partial charge is 0.455 e. The Bertz CT molecular complexity index is 500. The zero-order chi connectivity index (χ0) is 14.5. The standard InChI is InChI=1S/C15H18ClNO3/c1-10(12-6-3-7-13(16)8-12)17-14(18)9-20-15(19)11-4-2-5-11/h3,6-8,10-11H,2,4-5,9H2,1H3,(H,17,18)/t10-/m0/s1. The van der Waals surface area contributed by atoms with Crippen molar-refractivity contribution in [3.63, 3.8) is 0 Å². The van der Waals surface area contributed by atoms with Gasteiger partial charge in [-0.2, -0.15) is 0 Å². The van der Waals surface area contributed by atoms with Crippen molar-refractivity contribution >= 4 is 23.5 Å². The summed E-state index contributed by atoms with van der Waals surface area (Å²) in [5.41, 5.74) is 0.913.